The van der Waals surface area contributed by atoms with Crippen molar-refractivity contribution in [3.8, 4) is 5.75 Å². The molecule has 0 saturated carbocycles. The summed E-state index contributed by atoms with van der Waals surface area (Å²) in [6.45, 7) is 7.02. The number of aliphatic hydroxyl groups excluding tert-OH is 1. The molecule has 1 heterocycles. The molecule has 1 rings (SSSR count). The maximum absolute atomic E-state index is 9.16. The lowest BCUT2D eigenvalue weighted by atomic mass is 10.1. The molecular weight excluding hydrogens is 244 g/mol. The third kappa shape index (κ3) is 4.24. The summed E-state index contributed by atoms with van der Waals surface area (Å²) in [5.74, 6) is 2.06. The normalized spacial score (nSPS) is 13.7. The van der Waals surface area contributed by atoms with Gasteiger partial charge in [-0.1, -0.05) is 13.8 Å². The van der Waals surface area contributed by atoms with Crippen LogP contribution in [0.25, 0.3) is 0 Å². The fourth-order valence-electron chi connectivity index (χ4n) is 1.56. The largest absolute Gasteiger partial charge is 0.490 e. The molecule has 0 saturated heterocycles. The van der Waals surface area contributed by atoms with Crippen LogP contribution in [0.1, 0.15) is 27.2 Å². The van der Waals surface area contributed by atoms with Crippen molar-refractivity contribution in [2.75, 3.05) is 30.9 Å². The smallest absolute Gasteiger partial charge is 0.204 e. The highest BCUT2D eigenvalue weighted by Crippen LogP contribution is 2.29. The molecule has 2 atom stereocenters. The number of hydrogen-bond donors (Lipinski definition) is 3. The fraction of sp³-hybridized carbons (Fsp3) is 0.692. The summed E-state index contributed by atoms with van der Waals surface area (Å²) in [5.41, 5.74) is 0. The van der Waals surface area contributed by atoms with Crippen molar-refractivity contribution in [2.24, 2.45) is 5.92 Å². The molecule has 0 fully saturated rings. The average Bonchev–Trinajstić information content (AvgIpc) is 2.44. The Kier molecular flexibility index (Phi) is 6.35. The van der Waals surface area contributed by atoms with E-state index < -0.39 is 0 Å². The molecule has 19 heavy (non-hydrogen) atoms. The Balaban J connectivity index is 2.87. The zero-order chi connectivity index (χ0) is 14.3. The molecule has 0 aromatic carbocycles. The summed E-state index contributed by atoms with van der Waals surface area (Å²) >= 11 is 0. The van der Waals surface area contributed by atoms with Crippen molar-refractivity contribution in [3.05, 3.63) is 6.33 Å². The number of methoxy groups -OCH3 is 1. The Morgan fingerprint density at radius 2 is 2.00 bits per heavy atom. The number of nitrogens with zero attached hydrogens (tertiary/aromatic N) is 2. The van der Waals surface area contributed by atoms with Gasteiger partial charge in [0.25, 0.3) is 0 Å². The summed E-state index contributed by atoms with van der Waals surface area (Å²) in [5, 5.41) is 15.6. The van der Waals surface area contributed by atoms with Crippen molar-refractivity contribution in [2.45, 2.75) is 33.2 Å². The summed E-state index contributed by atoms with van der Waals surface area (Å²) in [6.07, 6.45) is 2.51. The van der Waals surface area contributed by atoms with Crippen molar-refractivity contribution in [3.63, 3.8) is 0 Å². The van der Waals surface area contributed by atoms with Gasteiger partial charge < -0.3 is 20.5 Å². The maximum Gasteiger partial charge on any atom is 0.204 e. The van der Waals surface area contributed by atoms with Crippen LogP contribution in [-0.4, -0.2) is 41.4 Å². The standard InChI is InChI=1S/C13H24N4O2/c1-5-6-14-12-11(19-4)13(16-8-15-12)17-10(3)9(2)7-18/h8-10,18H,5-7H2,1-4H3,(H2,14,15,16,17). The molecule has 0 bridgehead atoms. The quantitative estimate of drug-likeness (QED) is 0.666. The first-order valence-corrected chi connectivity index (χ1v) is 6.64. The Morgan fingerprint density at radius 1 is 1.32 bits per heavy atom. The van der Waals surface area contributed by atoms with E-state index in [1.165, 1.54) is 6.33 Å². The van der Waals surface area contributed by atoms with Crippen LogP contribution in [0.3, 0.4) is 0 Å². The van der Waals surface area contributed by atoms with Gasteiger partial charge in [-0.25, -0.2) is 9.97 Å². The molecule has 2 unspecified atom stereocenters. The number of anilines is 2. The first kappa shape index (κ1) is 15.5. The van der Waals surface area contributed by atoms with E-state index in [2.05, 4.69) is 27.5 Å². The molecule has 0 radical (unpaired) electrons. The van der Waals surface area contributed by atoms with Crippen LogP contribution in [0.5, 0.6) is 5.75 Å². The van der Waals surface area contributed by atoms with E-state index in [4.69, 9.17) is 9.84 Å². The van der Waals surface area contributed by atoms with Crippen LogP contribution in [0.2, 0.25) is 0 Å². The lowest BCUT2D eigenvalue weighted by Crippen LogP contribution is -2.27. The van der Waals surface area contributed by atoms with Gasteiger partial charge in [0, 0.05) is 19.2 Å². The summed E-state index contributed by atoms with van der Waals surface area (Å²) in [7, 11) is 1.60. The fourth-order valence-corrected chi connectivity index (χ4v) is 1.56. The van der Waals surface area contributed by atoms with Crippen LogP contribution < -0.4 is 15.4 Å². The van der Waals surface area contributed by atoms with Crippen molar-refractivity contribution in [1.82, 2.24) is 9.97 Å². The second-order valence-corrected chi connectivity index (χ2v) is 4.62. The summed E-state index contributed by atoms with van der Waals surface area (Å²) < 4.78 is 5.38. The molecular formula is C13H24N4O2. The van der Waals surface area contributed by atoms with Gasteiger partial charge in [0.15, 0.2) is 11.6 Å². The highest BCUT2D eigenvalue weighted by molar-refractivity contribution is 5.63. The van der Waals surface area contributed by atoms with Crippen LogP contribution in [-0.2, 0) is 0 Å². The van der Waals surface area contributed by atoms with Gasteiger partial charge in [-0.3, -0.25) is 0 Å². The Bertz CT molecular complexity index is 387. The van der Waals surface area contributed by atoms with Crippen molar-refractivity contribution in [1.29, 1.82) is 0 Å². The molecule has 108 valence electrons. The Morgan fingerprint density at radius 3 is 2.58 bits per heavy atom. The topological polar surface area (TPSA) is 79.3 Å². The van der Waals surface area contributed by atoms with E-state index in [9.17, 15) is 0 Å². The molecule has 1 aromatic heterocycles. The lowest BCUT2D eigenvalue weighted by Gasteiger charge is -2.21. The molecule has 0 aliphatic heterocycles. The monoisotopic (exact) mass is 268 g/mol. The highest BCUT2D eigenvalue weighted by atomic mass is 16.5. The summed E-state index contributed by atoms with van der Waals surface area (Å²) in [4.78, 5) is 8.39. The molecule has 3 N–H and O–H groups in total. The SMILES string of the molecule is CCCNc1ncnc(NC(C)C(C)CO)c1OC. The van der Waals surface area contributed by atoms with Gasteiger partial charge >= 0.3 is 0 Å². The van der Waals surface area contributed by atoms with Gasteiger partial charge in [-0.2, -0.15) is 0 Å². The Hall–Kier alpha value is -1.56. The zero-order valence-electron chi connectivity index (χ0n) is 12.1. The van der Waals surface area contributed by atoms with E-state index in [1.807, 2.05) is 13.8 Å². The van der Waals surface area contributed by atoms with E-state index in [0.717, 1.165) is 13.0 Å². The number of rotatable bonds is 8. The minimum Gasteiger partial charge on any atom is -0.490 e. The zero-order valence-corrected chi connectivity index (χ0v) is 12.1. The van der Waals surface area contributed by atoms with Crippen LogP contribution in [0.15, 0.2) is 6.33 Å². The third-order valence-corrected chi connectivity index (χ3v) is 3.06. The molecule has 0 aliphatic carbocycles. The first-order chi connectivity index (χ1) is 9.13. The van der Waals surface area contributed by atoms with Crippen LogP contribution in [0, 0.1) is 5.92 Å². The summed E-state index contributed by atoms with van der Waals surface area (Å²) in [6, 6.07) is 0.0906. The molecule has 1 aromatic rings. The number of hydrogen-bond acceptors (Lipinski definition) is 6. The predicted octanol–water partition coefficient (Wildman–Crippen LogP) is 1.74. The minimum atomic E-state index is 0.0906. The minimum absolute atomic E-state index is 0.0906. The van der Waals surface area contributed by atoms with Gasteiger partial charge in [0.1, 0.15) is 6.33 Å². The number of aliphatic hydroxyl groups is 1. The molecule has 0 aliphatic rings. The van der Waals surface area contributed by atoms with Gasteiger partial charge in [0.2, 0.25) is 5.75 Å². The maximum atomic E-state index is 9.16. The first-order valence-electron chi connectivity index (χ1n) is 6.64. The van der Waals surface area contributed by atoms with E-state index in [-0.39, 0.29) is 18.6 Å². The number of ether oxygens (including phenoxy) is 1. The highest BCUT2D eigenvalue weighted by Gasteiger charge is 2.16. The van der Waals surface area contributed by atoms with Crippen molar-refractivity contribution < 1.29 is 9.84 Å². The van der Waals surface area contributed by atoms with Crippen LogP contribution >= 0.6 is 0 Å². The molecule has 0 spiro atoms. The van der Waals surface area contributed by atoms with Gasteiger partial charge in [-0.05, 0) is 19.3 Å². The van der Waals surface area contributed by atoms with E-state index in [0.29, 0.717) is 17.4 Å². The number of aromatic nitrogens is 2. The second-order valence-electron chi connectivity index (χ2n) is 4.62. The Labute approximate surface area is 114 Å². The lowest BCUT2D eigenvalue weighted by molar-refractivity contribution is 0.226. The van der Waals surface area contributed by atoms with Gasteiger partial charge in [-0.15, -0.1) is 0 Å². The molecule has 6 nitrogen and oxygen atoms in total. The van der Waals surface area contributed by atoms with Crippen molar-refractivity contribution >= 4 is 11.6 Å². The third-order valence-electron chi connectivity index (χ3n) is 3.06. The predicted molar refractivity (Wildman–Crippen MR) is 76.7 cm³/mol. The van der Waals surface area contributed by atoms with Crippen LogP contribution in [0.4, 0.5) is 11.6 Å². The molecule has 0 amide bonds. The van der Waals surface area contributed by atoms with Gasteiger partial charge in [0.05, 0.1) is 7.11 Å². The van der Waals surface area contributed by atoms with E-state index >= 15 is 0 Å². The number of nitrogens with one attached hydrogen (secondary N) is 2. The van der Waals surface area contributed by atoms with E-state index in [1.54, 1.807) is 7.11 Å². The molecule has 6 heteroatoms. The average molecular weight is 268 g/mol. The second kappa shape index (κ2) is 7.78.